The van der Waals surface area contributed by atoms with Crippen LogP contribution in [0.5, 0.6) is 5.75 Å². The number of hydrogen-bond acceptors (Lipinski definition) is 6. The molecule has 3 heterocycles. The lowest BCUT2D eigenvalue weighted by molar-refractivity contribution is 0.0763. The molecule has 4 aromatic rings. The van der Waals surface area contributed by atoms with E-state index in [1.165, 1.54) is 13.2 Å². The van der Waals surface area contributed by atoms with Gasteiger partial charge in [-0.05, 0) is 68.2 Å². The van der Waals surface area contributed by atoms with Crippen molar-refractivity contribution in [3.8, 4) is 17.0 Å². The van der Waals surface area contributed by atoms with E-state index in [1.54, 1.807) is 53.8 Å². The Labute approximate surface area is 219 Å². The Balaban J connectivity index is 1.35. The molecule has 0 unspecified atom stereocenters. The van der Waals surface area contributed by atoms with Gasteiger partial charge in [0.05, 0.1) is 29.6 Å². The number of nitrogens with one attached hydrogen (secondary N) is 2. The van der Waals surface area contributed by atoms with E-state index in [9.17, 15) is 9.18 Å². The minimum Gasteiger partial charge on any atom is -0.494 e. The lowest BCUT2D eigenvalue weighted by Gasteiger charge is -2.27. The smallest absolute Gasteiger partial charge is 0.255 e. The lowest BCUT2D eigenvalue weighted by Crippen LogP contribution is -2.37. The predicted molar refractivity (Wildman–Crippen MR) is 142 cm³/mol. The highest BCUT2D eigenvalue weighted by molar-refractivity contribution is 6.34. The van der Waals surface area contributed by atoms with Crippen LogP contribution in [0.3, 0.4) is 0 Å². The van der Waals surface area contributed by atoms with Crippen LogP contribution >= 0.6 is 11.6 Å². The Morgan fingerprint density at radius 3 is 2.78 bits per heavy atom. The van der Waals surface area contributed by atoms with Crippen LogP contribution in [0.15, 0.2) is 55.0 Å². The van der Waals surface area contributed by atoms with Crippen LogP contribution in [-0.4, -0.2) is 59.0 Å². The molecule has 1 amide bonds. The molecule has 0 aliphatic carbocycles. The van der Waals surface area contributed by atoms with E-state index in [1.807, 2.05) is 11.4 Å². The molecular formula is C27H28ClFN6O2. The normalized spacial score (nSPS) is 14.1. The fourth-order valence-corrected chi connectivity index (χ4v) is 4.95. The zero-order chi connectivity index (χ0) is 25.9. The van der Waals surface area contributed by atoms with Gasteiger partial charge in [-0.3, -0.25) is 9.20 Å². The number of fused-ring (bicyclic) bond motifs is 1. The minimum atomic E-state index is -0.451. The van der Waals surface area contributed by atoms with Gasteiger partial charge in [0.2, 0.25) is 0 Å². The number of carbonyl (C=O) groups excluding carboxylic acids is 1. The van der Waals surface area contributed by atoms with Gasteiger partial charge in [0.25, 0.3) is 5.91 Å². The van der Waals surface area contributed by atoms with Crippen LogP contribution in [0.2, 0.25) is 5.02 Å². The van der Waals surface area contributed by atoms with Gasteiger partial charge < -0.3 is 20.3 Å². The molecule has 2 N–H and O–H groups in total. The molecule has 0 radical (unpaired) electrons. The monoisotopic (exact) mass is 522 g/mol. The molecule has 1 aliphatic rings. The van der Waals surface area contributed by atoms with Crippen LogP contribution in [0.4, 0.5) is 15.9 Å². The van der Waals surface area contributed by atoms with E-state index in [-0.39, 0.29) is 11.7 Å². The van der Waals surface area contributed by atoms with Gasteiger partial charge in [0, 0.05) is 37.2 Å². The fourth-order valence-electron chi connectivity index (χ4n) is 4.69. The van der Waals surface area contributed by atoms with Gasteiger partial charge in [0.1, 0.15) is 0 Å². The first-order valence-corrected chi connectivity index (χ1v) is 12.5. The number of rotatable bonds is 7. The zero-order valence-corrected chi connectivity index (χ0v) is 21.4. The van der Waals surface area contributed by atoms with E-state index in [2.05, 4.69) is 20.6 Å². The summed E-state index contributed by atoms with van der Waals surface area (Å²) in [6, 6.07) is 10.00. The number of amides is 1. The number of methoxy groups -OCH3 is 1. The summed E-state index contributed by atoms with van der Waals surface area (Å²) in [5.74, 6) is 0.627. The maximum absolute atomic E-state index is 14.3. The van der Waals surface area contributed by atoms with Crippen molar-refractivity contribution in [2.45, 2.75) is 12.8 Å². The maximum atomic E-state index is 14.3. The second-order valence-electron chi connectivity index (χ2n) is 9.16. The summed E-state index contributed by atoms with van der Waals surface area (Å²) in [6.07, 6.45) is 7.19. The lowest BCUT2D eigenvalue weighted by atomic mass is 9.97. The second-order valence-corrected chi connectivity index (χ2v) is 9.57. The predicted octanol–water partition coefficient (Wildman–Crippen LogP) is 5.01. The third kappa shape index (κ3) is 5.23. The van der Waals surface area contributed by atoms with E-state index >= 15 is 0 Å². The molecule has 192 valence electrons. The van der Waals surface area contributed by atoms with Crippen LogP contribution in [0, 0.1) is 11.7 Å². The Kier molecular flexibility index (Phi) is 7.25. The van der Waals surface area contributed by atoms with Crippen molar-refractivity contribution in [3.63, 3.8) is 0 Å². The molecule has 2 aromatic carbocycles. The molecule has 0 saturated carbocycles. The summed E-state index contributed by atoms with van der Waals surface area (Å²) in [5, 5.41) is 6.95. The van der Waals surface area contributed by atoms with Gasteiger partial charge >= 0.3 is 0 Å². The van der Waals surface area contributed by atoms with Crippen molar-refractivity contribution < 1.29 is 13.9 Å². The molecule has 1 aliphatic heterocycles. The molecule has 1 fully saturated rings. The number of nitrogens with zero attached hydrogens (tertiary/aromatic N) is 4. The van der Waals surface area contributed by atoms with Crippen molar-refractivity contribution in [3.05, 3.63) is 71.4 Å². The third-order valence-electron chi connectivity index (χ3n) is 6.68. The van der Waals surface area contributed by atoms with Crippen molar-refractivity contribution >= 4 is 34.7 Å². The number of hydrogen-bond donors (Lipinski definition) is 2. The molecule has 2 aromatic heterocycles. The summed E-state index contributed by atoms with van der Waals surface area (Å²) in [5.41, 5.74) is 3.05. The van der Waals surface area contributed by atoms with Crippen molar-refractivity contribution in [2.24, 2.45) is 5.92 Å². The summed E-state index contributed by atoms with van der Waals surface area (Å²) in [7, 11) is 3.25. The quantitative estimate of drug-likeness (QED) is 0.355. The molecule has 10 heteroatoms. The van der Waals surface area contributed by atoms with E-state index in [4.69, 9.17) is 16.3 Å². The average molecular weight is 523 g/mol. The number of imidazole rings is 1. The van der Waals surface area contributed by atoms with Gasteiger partial charge in [-0.15, -0.1) is 0 Å². The van der Waals surface area contributed by atoms with E-state index in [0.717, 1.165) is 25.9 Å². The molecule has 0 bridgehead atoms. The van der Waals surface area contributed by atoms with Gasteiger partial charge in [-0.2, -0.15) is 0 Å². The first-order valence-electron chi connectivity index (χ1n) is 12.1. The molecule has 1 saturated heterocycles. The summed E-state index contributed by atoms with van der Waals surface area (Å²) in [6.45, 7) is 2.69. The number of halogens is 2. The Morgan fingerprint density at radius 1 is 1.24 bits per heavy atom. The highest BCUT2D eigenvalue weighted by Gasteiger charge is 2.21. The third-order valence-corrected chi connectivity index (χ3v) is 6.99. The van der Waals surface area contributed by atoms with Gasteiger partial charge in [-0.25, -0.2) is 14.4 Å². The fraction of sp³-hybridized carbons (Fsp3) is 0.296. The minimum absolute atomic E-state index is 0.0973. The largest absolute Gasteiger partial charge is 0.494 e. The van der Waals surface area contributed by atoms with E-state index in [0.29, 0.717) is 51.5 Å². The molecule has 0 atom stereocenters. The number of aromatic nitrogens is 3. The maximum Gasteiger partial charge on any atom is 0.255 e. The Morgan fingerprint density at radius 2 is 2.05 bits per heavy atom. The van der Waals surface area contributed by atoms with Crippen molar-refractivity contribution in [2.75, 3.05) is 39.1 Å². The molecule has 0 spiro atoms. The standard InChI is InChI=1S/C27H28ClFN6O2/c1-34(16-17-7-9-30-10-8-17)27(36)20-5-4-19(14-21(20)28)33-25-26-32-15-23(35(26)12-11-31-25)18-3-6-24(37-2)22(29)13-18/h3-6,11-15,17,30H,7-10,16H2,1-2H3,(H,31,33). The first-order chi connectivity index (χ1) is 17.9. The molecule has 5 rings (SSSR count). The van der Waals surface area contributed by atoms with Gasteiger partial charge in [0.15, 0.2) is 23.0 Å². The first kappa shape index (κ1) is 25.0. The van der Waals surface area contributed by atoms with Crippen LogP contribution in [0.1, 0.15) is 23.2 Å². The summed E-state index contributed by atoms with van der Waals surface area (Å²) < 4.78 is 21.1. The average Bonchev–Trinajstić information content (AvgIpc) is 3.34. The topological polar surface area (TPSA) is 83.8 Å². The number of benzene rings is 2. The van der Waals surface area contributed by atoms with Crippen molar-refractivity contribution in [1.29, 1.82) is 0 Å². The Hall–Kier alpha value is -3.69. The number of piperidine rings is 1. The molecular weight excluding hydrogens is 495 g/mol. The van der Waals surface area contributed by atoms with Gasteiger partial charge in [-0.1, -0.05) is 11.6 Å². The number of anilines is 2. The Bertz CT molecular complexity index is 1440. The van der Waals surface area contributed by atoms with Crippen LogP contribution in [-0.2, 0) is 0 Å². The highest BCUT2D eigenvalue weighted by Crippen LogP contribution is 2.30. The second kappa shape index (κ2) is 10.7. The highest BCUT2D eigenvalue weighted by atomic mass is 35.5. The van der Waals surface area contributed by atoms with Crippen LogP contribution in [0.25, 0.3) is 16.9 Å². The van der Waals surface area contributed by atoms with E-state index < -0.39 is 5.82 Å². The zero-order valence-electron chi connectivity index (χ0n) is 20.7. The van der Waals surface area contributed by atoms with Crippen LogP contribution < -0.4 is 15.4 Å². The SMILES string of the molecule is COc1ccc(-c2cnc3c(Nc4ccc(C(=O)N(C)CC5CCNCC5)c(Cl)c4)nccn23)cc1F. The number of ether oxygens (including phenoxy) is 1. The summed E-state index contributed by atoms with van der Waals surface area (Å²) >= 11 is 6.53. The summed E-state index contributed by atoms with van der Waals surface area (Å²) in [4.78, 5) is 23.7. The molecule has 37 heavy (non-hydrogen) atoms. The number of carbonyl (C=O) groups is 1. The molecule has 8 nitrogen and oxygen atoms in total. The van der Waals surface area contributed by atoms with Crippen molar-refractivity contribution in [1.82, 2.24) is 24.6 Å².